The lowest BCUT2D eigenvalue weighted by atomic mass is 9.93. The van der Waals surface area contributed by atoms with Gasteiger partial charge in [-0.3, -0.25) is 4.79 Å². The standard InChI is InChI=1S/C19H15F5N2O3/c1-8-9(2)25-26(17(8)27)11-6-4-10(5-7-11)18(28)29-16-14(22)12(20)13(21)15(23)19(16,3)24/h4-8,15H,1-3H3. The second-order valence-electron chi connectivity index (χ2n) is 6.79. The highest BCUT2D eigenvalue weighted by Crippen LogP contribution is 2.44. The highest BCUT2D eigenvalue weighted by Gasteiger charge is 2.52. The van der Waals surface area contributed by atoms with Crippen molar-refractivity contribution in [2.24, 2.45) is 11.0 Å². The Morgan fingerprint density at radius 3 is 2.28 bits per heavy atom. The van der Waals surface area contributed by atoms with Gasteiger partial charge in [0, 0.05) is 5.71 Å². The van der Waals surface area contributed by atoms with Crippen LogP contribution in [0.25, 0.3) is 0 Å². The van der Waals surface area contributed by atoms with Crippen LogP contribution in [0.2, 0.25) is 0 Å². The molecule has 1 aromatic rings. The fraction of sp³-hybridized carbons (Fsp3) is 0.316. The largest absolute Gasteiger partial charge is 0.421 e. The Kier molecular flexibility index (Phi) is 5.06. The zero-order valence-corrected chi connectivity index (χ0v) is 15.5. The molecule has 154 valence electrons. The Labute approximate surface area is 162 Å². The van der Waals surface area contributed by atoms with E-state index in [4.69, 9.17) is 0 Å². The Balaban J connectivity index is 1.84. The third-order valence-corrected chi connectivity index (χ3v) is 4.75. The summed E-state index contributed by atoms with van der Waals surface area (Å²) in [7, 11) is 0. The molecule has 0 fully saturated rings. The highest BCUT2D eigenvalue weighted by atomic mass is 19.2. The maximum Gasteiger partial charge on any atom is 0.343 e. The molecule has 0 aromatic heterocycles. The minimum absolute atomic E-state index is 0.226. The van der Waals surface area contributed by atoms with Crippen molar-refractivity contribution < 1.29 is 36.3 Å². The van der Waals surface area contributed by atoms with Crippen LogP contribution in [0.4, 0.5) is 27.6 Å². The Hall–Kier alpha value is -3.04. The number of anilines is 1. The van der Waals surface area contributed by atoms with E-state index >= 15 is 0 Å². The van der Waals surface area contributed by atoms with Gasteiger partial charge in [0.15, 0.2) is 23.6 Å². The number of allylic oxidation sites excluding steroid dienone is 4. The average molecular weight is 414 g/mol. The molecule has 1 aromatic carbocycles. The molecule has 2 aliphatic rings. The molecule has 1 amide bonds. The number of carbonyl (C=O) groups excluding carboxylic acids is 2. The van der Waals surface area contributed by atoms with Crippen molar-refractivity contribution in [2.45, 2.75) is 32.6 Å². The van der Waals surface area contributed by atoms with Crippen LogP contribution < -0.4 is 5.01 Å². The van der Waals surface area contributed by atoms with Gasteiger partial charge < -0.3 is 4.74 Å². The van der Waals surface area contributed by atoms with Crippen LogP contribution in [0.15, 0.2) is 52.6 Å². The molecular weight excluding hydrogens is 399 g/mol. The predicted molar refractivity (Wildman–Crippen MR) is 93.4 cm³/mol. The maximum atomic E-state index is 14.4. The van der Waals surface area contributed by atoms with Crippen LogP contribution >= 0.6 is 0 Å². The van der Waals surface area contributed by atoms with E-state index in [2.05, 4.69) is 9.84 Å². The van der Waals surface area contributed by atoms with Gasteiger partial charge in [-0.15, -0.1) is 0 Å². The number of hydrazone groups is 1. The number of alkyl halides is 2. The fourth-order valence-corrected chi connectivity index (χ4v) is 2.76. The summed E-state index contributed by atoms with van der Waals surface area (Å²) < 4.78 is 73.2. The van der Waals surface area contributed by atoms with Crippen LogP contribution in [0.3, 0.4) is 0 Å². The highest BCUT2D eigenvalue weighted by molar-refractivity contribution is 6.14. The van der Waals surface area contributed by atoms with Gasteiger partial charge in [0.1, 0.15) is 0 Å². The third kappa shape index (κ3) is 3.32. The first-order valence-electron chi connectivity index (χ1n) is 8.46. The summed E-state index contributed by atoms with van der Waals surface area (Å²) in [5.74, 6) is -10.3. The summed E-state index contributed by atoms with van der Waals surface area (Å²) in [4.78, 5) is 24.3. The lowest BCUT2D eigenvalue weighted by Gasteiger charge is -2.29. The van der Waals surface area contributed by atoms with E-state index < -0.39 is 47.0 Å². The molecule has 0 saturated carbocycles. The number of carbonyl (C=O) groups is 2. The van der Waals surface area contributed by atoms with E-state index in [1.54, 1.807) is 13.8 Å². The zero-order valence-electron chi connectivity index (χ0n) is 15.5. The first-order valence-corrected chi connectivity index (χ1v) is 8.46. The molecule has 0 radical (unpaired) electrons. The molecule has 3 unspecified atom stereocenters. The number of rotatable bonds is 3. The van der Waals surface area contributed by atoms with E-state index in [9.17, 15) is 31.5 Å². The number of amides is 1. The SMILES string of the molecule is CC1=NN(c2ccc(C(=O)OC3=C(F)C(F)=C(F)C(F)C3(C)F)cc2)C(=O)C1C. The van der Waals surface area contributed by atoms with Gasteiger partial charge in [-0.25, -0.2) is 27.4 Å². The van der Waals surface area contributed by atoms with Crippen molar-refractivity contribution in [3.05, 3.63) is 53.1 Å². The third-order valence-electron chi connectivity index (χ3n) is 4.75. The topological polar surface area (TPSA) is 59.0 Å². The summed E-state index contributed by atoms with van der Waals surface area (Å²) >= 11 is 0. The molecule has 1 aliphatic heterocycles. The minimum atomic E-state index is -3.43. The Morgan fingerprint density at radius 2 is 1.76 bits per heavy atom. The molecule has 0 spiro atoms. The van der Waals surface area contributed by atoms with E-state index in [1.165, 1.54) is 24.3 Å². The van der Waals surface area contributed by atoms with Crippen molar-refractivity contribution in [3.8, 4) is 0 Å². The van der Waals surface area contributed by atoms with Crippen molar-refractivity contribution in [3.63, 3.8) is 0 Å². The lowest BCUT2D eigenvalue weighted by molar-refractivity contribution is -0.119. The Bertz CT molecular complexity index is 982. The smallest absolute Gasteiger partial charge is 0.343 e. The van der Waals surface area contributed by atoms with Crippen molar-refractivity contribution >= 4 is 23.3 Å². The average Bonchev–Trinajstić information content (AvgIpc) is 2.96. The molecular formula is C19H15F5N2O3. The van der Waals surface area contributed by atoms with Crippen LogP contribution in [0.5, 0.6) is 0 Å². The summed E-state index contributed by atoms with van der Waals surface area (Å²) in [6, 6.07) is 5.02. The van der Waals surface area contributed by atoms with Crippen LogP contribution in [-0.2, 0) is 9.53 Å². The van der Waals surface area contributed by atoms with Gasteiger partial charge in [-0.2, -0.15) is 9.49 Å². The van der Waals surface area contributed by atoms with Crippen LogP contribution in [0.1, 0.15) is 31.1 Å². The second-order valence-corrected chi connectivity index (χ2v) is 6.79. The number of nitrogens with zero attached hydrogens (tertiary/aromatic N) is 2. The molecule has 0 saturated heterocycles. The summed E-state index contributed by atoms with van der Waals surface area (Å²) in [5, 5.41) is 5.23. The number of hydrogen-bond acceptors (Lipinski definition) is 4. The van der Waals surface area contributed by atoms with Gasteiger partial charge >= 0.3 is 5.97 Å². The van der Waals surface area contributed by atoms with Crippen LogP contribution in [-0.4, -0.2) is 29.4 Å². The minimum Gasteiger partial charge on any atom is -0.421 e. The number of halogens is 5. The molecule has 5 nitrogen and oxygen atoms in total. The molecule has 3 rings (SSSR count). The van der Waals surface area contributed by atoms with E-state index in [1.807, 2.05) is 0 Å². The normalized spacial score (nSPS) is 27.5. The summed E-state index contributed by atoms with van der Waals surface area (Å²) in [6.45, 7) is 3.79. The van der Waals surface area contributed by atoms with E-state index in [0.717, 1.165) is 5.01 Å². The molecule has 1 heterocycles. The number of ether oxygens (including phenoxy) is 1. The van der Waals surface area contributed by atoms with Crippen molar-refractivity contribution in [1.82, 2.24) is 0 Å². The molecule has 29 heavy (non-hydrogen) atoms. The van der Waals surface area contributed by atoms with Crippen LogP contribution in [0, 0.1) is 5.92 Å². The quantitative estimate of drug-likeness (QED) is 0.536. The van der Waals surface area contributed by atoms with Gasteiger partial charge in [0.25, 0.3) is 5.91 Å². The molecule has 10 heteroatoms. The fourth-order valence-electron chi connectivity index (χ4n) is 2.76. The zero-order chi connectivity index (χ0) is 21.7. The van der Waals surface area contributed by atoms with Gasteiger partial charge in [-0.1, -0.05) is 0 Å². The summed E-state index contributed by atoms with van der Waals surface area (Å²) in [6.07, 6.45) is -3.17. The molecule has 0 bridgehead atoms. The number of hydrogen-bond donors (Lipinski definition) is 0. The van der Waals surface area contributed by atoms with Crippen molar-refractivity contribution in [1.29, 1.82) is 0 Å². The number of benzene rings is 1. The number of esters is 1. The second kappa shape index (κ2) is 7.09. The van der Waals surface area contributed by atoms with Gasteiger partial charge in [0.05, 0.1) is 17.2 Å². The molecule has 0 N–H and O–H groups in total. The first-order chi connectivity index (χ1) is 13.5. The lowest BCUT2D eigenvalue weighted by Crippen LogP contribution is -2.39. The molecule has 3 atom stereocenters. The Morgan fingerprint density at radius 1 is 1.17 bits per heavy atom. The summed E-state index contributed by atoms with van der Waals surface area (Å²) in [5.41, 5.74) is -2.72. The van der Waals surface area contributed by atoms with E-state index in [-0.39, 0.29) is 11.5 Å². The van der Waals surface area contributed by atoms with Crippen molar-refractivity contribution in [2.75, 3.05) is 5.01 Å². The van der Waals surface area contributed by atoms with Gasteiger partial charge in [-0.05, 0) is 45.0 Å². The van der Waals surface area contributed by atoms with E-state index in [0.29, 0.717) is 18.3 Å². The predicted octanol–water partition coefficient (Wildman–Crippen LogP) is 4.61. The molecule has 1 aliphatic carbocycles. The monoisotopic (exact) mass is 414 g/mol. The maximum absolute atomic E-state index is 14.4. The first kappa shape index (κ1) is 20.7. The van der Waals surface area contributed by atoms with Gasteiger partial charge in [0.2, 0.25) is 11.5 Å².